The highest BCUT2D eigenvalue weighted by molar-refractivity contribution is 7.89. The summed E-state index contributed by atoms with van der Waals surface area (Å²) in [4.78, 5) is 11.2. The Morgan fingerprint density at radius 2 is 1.73 bits per heavy atom. The number of aromatic carboxylic acids is 1. The van der Waals surface area contributed by atoms with Crippen LogP contribution in [0.15, 0.2) is 71.6 Å². The van der Waals surface area contributed by atoms with E-state index >= 15 is 0 Å². The van der Waals surface area contributed by atoms with Gasteiger partial charge in [-0.2, -0.15) is 4.72 Å². The van der Waals surface area contributed by atoms with E-state index in [0.717, 1.165) is 0 Å². The molecule has 1 heterocycles. The van der Waals surface area contributed by atoms with Gasteiger partial charge in [0.1, 0.15) is 11.5 Å². The van der Waals surface area contributed by atoms with E-state index in [1.54, 1.807) is 0 Å². The minimum absolute atomic E-state index is 0.0115. The Labute approximate surface area is 177 Å². The molecular weight excluding hydrogens is 431 g/mol. The standard InChI is InChI=1S/C21H16ClFN2O4S/c22-16-5-8-18(9-6-16)30(28,29)25-21(15-3-1-13(2-4-15)20(26)27)12-14-11-17(23)7-10-19(14)24-21/h1-11,24-25H,12H2,(H,26,27). The fraction of sp³-hybridized carbons (Fsp3) is 0.0952. The van der Waals surface area contributed by atoms with Crippen LogP contribution >= 0.6 is 11.6 Å². The summed E-state index contributed by atoms with van der Waals surface area (Å²) >= 11 is 5.86. The van der Waals surface area contributed by atoms with Crippen molar-refractivity contribution in [2.75, 3.05) is 5.32 Å². The lowest BCUT2D eigenvalue weighted by molar-refractivity contribution is 0.0696. The van der Waals surface area contributed by atoms with Crippen molar-refractivity contribution < 1.29 is 22.7 Å². The predicted octanol–water partition coefficient (Wildman–Crippen LogP) is 3.98. The van der Waals surface area contributed by atoms with Crippen molar-refractivity contribution in [1.29, 1.82) is 0 Å². The quantitative estimate of drug-likeness (QED) is 0.551. The largest absolute Gasteiger partial charge is 0.478 e. The smallest absolute Gasteiger partial charge is 0.335 e. The zero-order chi connectivity index (χ0) is 21.5. The number of nitrogens with one attached hydrogen (secondary N) is 2. The SMILES string of the molecule is O=C(O)c1ccc(C2(NS(=O)(=O)c3ccc(Cl)cc3)Cc3cc(F)ccc3N2)cc1. The van der Waals surface area contributed by atoms with Gasteiger partial charge in [0.05, 0.1) is 10.5 Å². The molecule has 0 bridgehead atoms. The average molecular weight is 447 g/mol. The summed E-state index contributed by atoms with van der Waals surface area (Å²) in [5.41, 5.74) is 0.400. The number of benzene rings is 3. The molecule has 154 valence electrons. The van der Waals surface area contributed by atoms with Crippen molar-refractivity contribution >= 4 is 33.3 Å². The minimum Gasteiger partial charge on any atom is -0.478 e. The molecule has 0 aromatic heterocycles. The topological polar surface area (TPSA) is 95.5 Å². The van der Waals surface area contributed by atoms with Crippen LogP contribution in [0.3, 0.4) is 0 Å². The Bertz CT molecular complexity index is 1230. The maximum Gasteiger partial charge on any atom is 0.335 e. The van der Waals surface area contributed by atoms with E-state index in [0.29, 0.717) is 21.8 Å². The summed E-state index contributed by atoms with van der Waals surface area (Å²) < 4.78 is 42.7. The molecule has 3 aromatic carbocycles. The summed E-state index contributed by atoms with van der Waals surface area (Å²) in [6.07, 6.45) is 0.124. The van der Waals surface area contributed by atoms with Gasteiger partial charge in [-0.1, -0.05) is 23.7 Å². The van der Waals surface area contributed by atoms with Crippen molar-refractivity contribution in [1.82, 2.24) is 4.72 Å². The maximum atomic E-state index is 13.8. The first-order valence-electron chi connectivity index (χ1n) is 8.89. The zero-order valence-corrected chi connectivity index (χ0v) is 17.0. The number of fused-ring (bicyclic) bond motifs is 1. The summed E-state index contributed by atoms with van der Waals surface area (Å²) in [7, 11) is -4.00. The minimum atomic E-state index is -4.00. The van der Waals surface area contributed by atoms with Gasteiger partial charge < -0.3 is 10.4 Å². The van der Waals surface area contributed by atoms with Gasteiger partial charge in [-0.15, -0.1) is 0 Å². The van der Waals surface area contributed by atoms with E-state index < -0.39 is 27.5 Å². The zero-order valence-electron chi connectivity index (χ0n) is 15.4. The number of rotatable bonds is 5. The Morgan fingerprint density at radius 3 is 2.37 bits per heavy atom. The molecule has 0 fully saturated rings. The van der Waals surface area contributed by atoms with Gasteiger partial charge in [-0.05, 0) is 65.7 Å². The van der Waals surface area contributed by atoms with E-state index in [9.17, 15) is 17.6 Å². The first-order chi connectivity index (χ1) is 14.2. The second kappa shape index (κ2) is 7.39. The third-order valence-electron chi connectivity index (χ3n) is 4.93. The Morgan fingerprint density at radius 1 is 1.07 bits per heavy atom. The highest BCUT2D eigenvalue weighted by atomic mass is 35.5. The first-order valence-corrected chi connectivity index (χ1v) is 10.7. The van der Waals surface area contributed by atoms with Crippen LogP contribution in [0.1, 0.15) is 21.5 Å². The molecule has 0 saturated heterocycles. The summed E-state index contributed by atoms with van der Waals surface area (Å²) in [5.74, 6) is -1.53. The Hall–Kier alpha value is -2.94. The van der Waals surface area contributed by atoms with Crippen LogP contribution in [-0.4, -0.2) is 19.5 Å². The van der Waals surface area contributed by atoms with E-state index in [-0.39, 0.29) is 16.9 Å². The molecule has 0 aliphatic carbocycles. The molecule has 1 aliphatic rings. The molecule has 1 atom stereocenters. The number of halogens is 2. The molecule has 3 N–H and O–H groups in total. The molecule has 0 radical (unpaired) electrons. The molecule has 4 rings (SSSR count). The van der Waals surface area contributed by atoms with Gasteiger partial charge in [-0.25, -0.2) is 17.6 Å². The number of hydrogen-bond donors (Lipinski definition) is 3. The molecule has 1 unspecified atom stereocenters. The van der Waals surface area contributed by atoms with Crippen molar-refractivity contribution in [2.24, 2.45) is 0 Å². The van der Waals surface area contributed by atoms with E-state index in [1.165, 1.54) is 66.7 Å². The fourth-order valence-electron chi connectivity index (χ4n) is 3.48. The van der Waals surface area contributed by atoms with Gasteiger partial charge >= 0.3 is 5.97 Å². The molecule has 0 spiro atoms. The van der Waals surface area contributed by atoms with Crippen molar-refractivity contribution in [3.05, 3.63) is 94.3 Å². The van der Waals surface area contributed by atoms with Gasteiger partial charge in [0.15, 0.2) is 0 Å². The number of hydrogen-bond acceptors (Lipinski definition) is 4. The molecule has 30 heavy (non-hydrogen) atoms. The van der Waals surface area contributed by atoms with Crippen LogP contribution in [0.4, 0.5) is 10.1 Å². The number of anilines is 1. The van der Waals surface area contributed by atoms with Gasteiger partial charge in [0.2, 0.25) is 10.0 Å². The maximum absolute atomic E-state index is 13.8. The van der Waals surface area contributed by atoms with Gasteiger partial charge in [-0.3, -0.25) is 0 Å². The predicted molar refractivity (Wildman–Crippen MR) is 111 cm³/mol. The van der Waals surface area contributed by atoms with E-state index in [2.05, 4.69) is 10.0 Å². The van der Waals surface area contributed by atoms with E-state index in [1.807, 2.05) is 0 Å². The highest BCUT2D eigenvalue weighted by Gasteiger charge is 2.42. The second-order valence-corrected chi connectivity index (χ2v) is 9.07. The second-order valence-electron chi connectivity index (χ2n) is 6.95. The fourth-order valence-corrected chi connectivity index (χ4v) is 4.92. The van der Waals surface area contributed by atoms with Crippen LogP contribution in [0.5, 0.6) is 0 Å². The summed E-state index contributed by atoms with van der Waals surface area (Å²) in [6.45, 7) is 0. The lowest BCUT2D eigenvalue weighted by atomic mass is 9.95. The Balaban J connectivity index is 1.79. The number of sulfonamides is 1. The van der Waals surface area contributed by atoms with Crippen LogP contribution in [0.25, 0.3) is 0 Å². The monoisotopic (exact) mass is 446 g/mol. The number of carbonyl (C=O) groups is 1. The number of carboxylic acids is 1. The van der Waals surface area contributed by atoms with Gasteiger partial charge in [0.25, 0.3) is 0 Å². The lowest BCUT2D eigenvalue weighted by Gasteiger charge is -2.32. The third kappa shape index (κ3) is 3.77. The molecular formula is C21H16ClFN2O4S. The molecule has 6 nitrogen and oxygen atoms in total. The van der Waals surface area contributed by atoms with Crippen LogP contribution in [0.2, 0.25) is 5.02 Å². The molecule has 0 amide bonds. The van der Waals surface area contributed by atoms with Crippen LogP contribution in [-0.2, 0) is 22.1 Å². The first kappa shape index (κ1) is 20.3. The molecule has 9 heteroatoms. The van der Waals surface area contributed by atoms with Crippen LogP contribution in [0, 0.1) is 5.82 Å². The highest BCUT2D eigenvalue weighted by Crippen LogP contribution is 2.39. The normalized spacial score (nSPS) is 17.9. The molecule has 3 aromatic rings. The summed E-state index contributed by atoms with van der Waals surface area (Å²) in [6, 6.07) is 15.7. The van der Waals surface area contributed by atoms with Crippen molar-refractivity contribution in [3.8, 4) is 0 Å². The van der Waals surface area contributed by atoms with E-state index in [4.69, 9.17) is 16.7 Å². The third-order valence-corrected chi connectivity index (χ3v) is 6.69. The lowest BCUT2D eigenvalue weighted by Crippen LogP contribution is -2.50. The summed E-state index contributed by atoms with van der Waals surface area (Å²) in [5, 5.41) is 12.7. The molecule has 0 saturated carbocycles. The molecule has 1 aliphatic heterocycles. The van der Waals surface area contributed by atoms with Crippen LogP contribution < -0.4 is 10.0 Å². The number of carboxylic acid groups (broad SMARTS) is 1. The van der Waals surface area contributed by atoms with Crippen molar-refractivity contribution in [3.63, 3.8) is 0 Å². The van der Waals surface area contributed by atoms with Gasteiger partial charge in [0, 0.05) is 17.1 Å². The average Bonchev–Trinajstić information content (AvgIpc) is 3.06. The Kier molecular flexibility index (Phi) is 5.01. The van der Waals surface area contributed by atoms with Crippen molar-refractivity contribution in [2.45, 2.75) is 17.0 Å².